The lowest BCUT2D eigenvalue weighted by Gasteiger charge is -2.31. The molecule has 0 spiro atoms. The molecular weight excluding hydrogens is 264 g/mol. The average Bonchev–Trinajstić information content (AvgIpc) is 2.93. The number of anilines is 1. The zero-order valence-corrected chi connectivity index (χ0v) is 12.3. The molecule has 2 aromatic rings. The molecule has 0 atom stereocenters. The molecule has 5 heteroatoms. The predicted octanol–water partition coefficient (Wildman–Crippen LogP) is 2.27. The van der Waals surface area contributed by atoms with Gasteiger partial charge in [-0.25, -0.2) is 0 Å². The van der Waals surface area contributed by atoms with Gasteiger partial charge in [-0.05, 0) is 26.1 Å². The van der Waals surface area contributed by atoms with Gasteiger partial charge in [0.15, 0.2) is 0 Å². The smallest absolute Gasteiger partial charge is 0.235 e. The molecule has 1 fully saturated rings. The quantitative estimate of drug-likeness (QED) is 0.845. The van der Waals surface area contributed by atoms with Gasteiger partial charge in [-0.2, -0.15) is 10.2 Å². The van der Waals surface area contributed by atoms with Crippen LogP contribution in [0.1, 0.15) is 11.3 Å². The summed E-state index contributed by atoms with van der Waals surface area (Å²) in [6.07, 6.45) is 0. The number of piperazine rings is 1. The Morgan fingerprint density at radius 3 is 2.43 bits per heavy atom. The summed E-state index contributed by atoms with van der Waals surface area (Å²) in [5.74, 6) is 1.11. The normalized spacial score (nSPS) is 16.0. The van der Waals surface area contributed by atoms with Crippen LogP contribution in [-0.4, -0.2) is 43.1 Å². The van der Waals surface area contributed by atoms with Gasteiger partial charge in [0.05, 0.1) is 0 Å². The Kier molecular flexibility index (Phi) is 3.63. The average molecular weight is 282 g/mol. The van der Waals surface area contributed by atoms with Crippen molar-refractivity contribution in [2.24, 2.45) is 0 Å². The van der Waals surface area contributed by atoms with Gasteiger partial charge in [0, 0.05) is 31.7 Å². The van der Waals surface area contributed by atoms with Crippen molar-refractivity contribution in [2.45, 2.75) is 6.92 Å². The van der Waals surface area contributed by atoms with Crippen molar-refractivity contribution in [2.75, 3.05) is 38.1 Å². The maximum atomic E-state index is 9.30. The molecular formula is C16H18N4O. The molecule has 1 aromatic carbocycles. The lowest BCUT2D eigenvalue weighted by Crippen LogP contribution is -2.44. The number of rotatable bonds is 2. The van der Waals surface area contributed by atoms with Gasteiger partial charge >= 0.3 is 0 Å². The van der Waals surface area contributed by atoms with E-state index in [0.717, 1.165) is 31.7 Å². The number of likely N-dealkylation sites (N-methyl/N-ethyl adjacent to an activating group) is 1. The predicted molar refractivity (Wildman–Crippen MR) is 81.1 cm³/mol. The number of hydrogen-bond acceptors (Lipinski definition) is 5. The van der Waals surface area contributed by atoms with E-state index in [1.54, 1.807) is 0 Å². The summed E-state index contributed by atoms with van der Waals surface area (Å²) in [6.45, 7) is 5.67. The lowest BCUT2D eigenvalue weighted by molar-refractivity contribution is 0.306. The molecule has 0 radical (unpaired) electrons. The first kappa shape index (κ1) is 13.7. The van der Waals surface area contributed by atoms with Crippen molar-refractivity contribution in [3.05, 3.63) is 35.5 Å². The van der Waals surface area contributed by atoms with Gasteiger partial charge in [-0.3, -0.25) is 0 Å². The Labute approximate surface area is 124 Å². The van der Waals surface area contributed by atoms with E-state index in [1.807, 2.05) is 31.2 Å². The van der Waals surface area contributed by atoms with Crippen LogP contribution in [-0.2, 0) is 0 Å². The molecule has 5 nitrogen and oxygen atoms in total. The van der Waals surface area contributed by atoms with Crippen LogP contribution in [0, 0.1) is 18.3 Å². The molecule has 1 saturated heterocycles. The first-order chi connectivity index (χ1) is 10.2. The Bertz CT molecular complexity index is 661. The fourth-order valence-corrected chi connectivity index (χ4v) is 2.43. The summed E-state index contributed by atoms with van der Waals surface area (Å²) < 4.78 is 5.88. The van der Waals surface area contributed by atoms with E-state index in [9.17, 15) is 5.26 Å². The maximum absolute atomic E-state index is 9.30. The maximum Gasteiger partial charge on any atom is 0.235 e. The van der Waals surface area contributed by atoms with E-state index >= 15 is 0 Å². The summed E-state index contributed by atoms with van der Waals surface area (Å²) >= 11 is 0. The van der Waals surface area contributed by atoms with Crippen LogP contribution in [0.15, 0.2) is 28.7 Å². The Balaban J connectivity index is 1.91. The molecule has 1 aliphatic rings. The number of nitrogens with zero attached hydrogens (tertiary/aromatic N) is 4. The highest BCUT2D eigenvalue weighted by atomic mass is 16.4. The highest BCUT2D eigenvalue weighted by molar-refractivity contribution is 5.60. The number of aryl methyl sites for hydroxylation is 1. The fourth-order valence-electron chi connectivity index (χ4n) is 2.43. The number of nitriles is 1. The van der Waals surface area contributed by atoms with E-state index in [2.05, 4.69) is 27.9 Å². The van der Waals surface area contributed by atoms with Gasteiger partial charge in [0.25, 0.3) is 0 Å². The van der Waals surface area contributed by atoms with E-state index in [-0.39, 0.29) is 0 Å². The number of hydrogen-bond donors (Lipinski definition) is 0. The number of aromatic nitrogens is 1. The van der Waals surface area contributed by atoms with Crippen LogP contribution in [0.2, 0.25) is 0 Å². The summed E-state index contributed by atoms with van der Waals surface area (Å²) in [7, 11) is 2.10. The van der Waals surface area contributed by atoms with Crippen LogP contribution >= 0.6 is 0 Å². The largest absolute Gasteiger partial charge is 0.419 e. The third-order valence-electron chi connectivity index (χ3n) is 3.80. The van der Waals surface area contributed by atoms with Crippen LogP contribution in [0.4, 0.5) is 5.88 Å². The van der Waals surface area contributed by atoms with Gasteiger partial charge in [0.2, 0.25) is 17.5 Å². The third kappa shape index (κ3) is 2.76. The highest BCUT2D eigenvalue weighted by Gasteiger charge is 2.23. The van der Waals surface area contributed by atoms with Crippen LogP contribution < -0.4 is 4.90 Å². The monoisotopic (exact) mass is 282 g/mol. The summed E-state index contributed by atoms with van der Waals surface area (Å²) in [5.41, 5.74) is 2.46. The van der Waals surface area contributed by atoms with Crippen molar-refractivity contribution >= 4 is 5.88 Å². The molecule has 0 bridgehead atoms. The minimum atomic E-state index is 0.370. The molecule has 0 aliphatic carbocycles. The van der Waals surface area contributed by atoms with Crippen LogP contribution in [0.25, 0.3) is 11.5 Å². The molecule has 0 unspecified atom stereocenters. The second-order valence-electron chi connectivity index (χ2n) is 5.44. The summed E-state index contributed by atoms with van der Waals surface area (Å²) in [6, 6.07) is 10.1. The zero-order valence-electron chi connectivity index (χ0n) is 12.3. The molecule has 3 rings (SSSR count). The Morgan fingerprint density at radius 1 is 1.14 bits per heavy atom. The second-order valence-corrected chi connectivity index (χ2v) is 5.44. The molecule has 0 N–H and O–H groups in total. The van der Waals surface area contributed by atoms with E-state index in [1.165, 1.54) is 5.56 Å². The molecule has 21 heavy (non-hydrogen) atoms. The zero-order chi connectivity index (χ0) is 14.8. The molecule has 0 amide bonds. The van der Waals surface area contributed by atoms with Gasteiger partial charge in [-0.15, -0.1) is 0 Å². The standard InChI is InChI=1S/C16H18N4O/c1-12-3-5-13(6-4-12)15-18-14(11-17)16(21-15)20-9-7-19(2)8-10-20/h3-6H,7-10H2,1-2H3. The third-order valence-corrected chi connectivity index (χ3v) is 3.80. The van der Waals surface area contributed by atoms with E-state index in [4.69, 9.17) is 4.42 Å². The van der Waals surface area contributed by atoms with Crippen molar-refractivity contribution in [3.63, 3.8) is 0 Å². The van der Waals surface area contributed by atoms with Crippen LogP contribution in [0.3, 0.4) is 0 Å². The van der Waals surface area contributed by atoms with Crippen molar-refractivity contribution in [1.29, 1.82) is 5.26 Å². The van der Waals surface area contributed by atoms with E-state index < -0.39 is 0 Å². The Morgan fingerprint density at radius 2 is 1.81 bits per heavy atom. The number of oxazole rings is 1. The van der Waals surface area contributed by atoms with E-state index in [0.29, 0.717) is 17.5 Å². The molecule has 108 valence electrons. The van der Waals surface area contributed by atoms with Gasteiger partial charge in [-0.1, -0.05) is 17.7 Å². The SMILES string of the molecule is Cc1ccc(-c2nc(C#N)c(N3CCN(C)CC3)o2)cc1. The van der Waals surface area contributed by atoms with Gasteiger partial charge < -0.3 is 14.2 Å². The number of benzene rings is 1. The molecule has 0 saturated carbocycles. The summed E-state index contributed by atoms with van der Waals surface area (Å²) in [4.78, 5) is 8.70. The molecule has 2 heterocycles. The van der Waals surface area contributed by atoms with Crippen molar-refractivity contribution < 1.29 is 4.42 Å². The Hall–Kier alpha value is -2.32. The van der Waals surface area contributed by atoms with Crippen molar-refractivity contribution in [1.82, 2.24) is 9.88 Å². The van der Waals surface area contributed by atoms with Crippen molar-refractivity contribution in [3.8, 4) is 17.5 Å². The molecule has 1 aliphatic heterocycles. The summed E-state index contributed by atoms with van der Waals surface area (Å²) in [5, 5.41) is 9.30. The van der Waals surface area contributed by atoms with Crippen LogP contribution in [0.5, 0.6) is 0 Å². The minimum absolute atomic E-state index is 0.370. The highest BCUT2D eigenvalue weighted by Crippen LogP contribution is 2.28. The topological polar surface area (TPSA) is 56.3 Å². The first-order valence-corrected chi connectivity index (χ1v) is 7.09. The fraction of sp³-hybridized carbons (Fsp3) is 0.375. The minimum Gasteiger partial charge on any atom is -0.419 e. The van der Waals surface area contributed by atoms with Gasteiger partial charge in [0.1, 0.15) is 6.07 Å². The lowest BCUT2D eigenvalue weighted by atomic mass is 10.1. The second kappa shape index (κ2) is 5.58. The first-order valence-electron chi connectivity index (χ1n) is 7.09. The molecule has 1 aromatic heterocycles.